The van der Waals surface area contributed by atoms with E-state index >= 15 is 0 Å². The first-order valence-corrected chi connectivity index (χ1v) is 9.53. The van der Waals surface area contributed by atoms with Gasteiger partial charge in [0.1, 0.15) is 0 Å². The van der Waals surface area contributed by atoms with Crippen LogP contribution in [0.4, 0.5) is 13.2 Å². The Bertz CT molecular complexity index is 457. The molecule has 0 saturated carbocycles. The maximum Gasteiger partial charge on any atom is 0.392 e. The lowest BCUT2D eigenvalue weighted by molar-refractivity contribution is -0.174. The van der Waals surface area contributed by atoms with E-state index in [1.165, 1.54) is 0 Å². The Morgan fingerprint density at radius 2 is 1.69 bits per heavy atom. The molecule has 2 aliphatic rings. The number of likely N-dealkylation sites (tertiary alicyclic amines) is 1. The van der Waals surface area contributed by atoms with Crippen molar-refractivity contribution in [1.82, 2.24) is 15.1 Å². The number of rotatable bonds is 6. The highest BCUT2D eigenvalue weighted by Gasteiger charge is 2.41. The van der Waals surface area contributed by atoms with Gasteiger partial charge >= 0.3 is 6.18 Å². The van der Waals surface area contributed by atoms with Crippen LogP contribution in [0.15, 0.2) is 0 Å². The van der Waals surface area contributed by atoms with Gasteiger partial charge in [-0.25, -0.2) is 0 Å². The normalized spacial score (nSPS) is 23.8. The summed E-state index contributed by atoms with van der Waals surface area (Å²) in [5.74, 6) is -2.13. The van der Waals surface area contributed by atoms with Crippen molar-refractivity contribution in [2.75, 3.05) is 45.9 Å². The molecular weight excluding hydrogens is 347 g/mol. The van der Waals surface area contributed by atoms with E-state index in [4.69, 9.17) is 4.74 Å². The maximum atomic E-state index is 12.8. The van der Waals surface area contributed by atoms with E-state index in [1.807, 2.05) is 0 Å². The predicted molar refractivity (Wildman–Crippen MR) is 93.9 cm³/mol. The molecule has 0 aromatic heterocycles. The Balaban J connectivity index is 2.02. The molecule has 2 saturated heterocycles. The highest BCUT2D eigenvalue weighted by molar-refractivity contribution is 5.77. The number of nitrogens with zero attached hydrogens (tertiary/aromatic N) is 2. The number of halogens is 3. The van der Waals surface area contributed by atoms with E-state index in [-0.39, 0.29) is 0 Å². The van der Waals surface area contributed by atoms with Gasteiger partial charge < -0.3 is 15.0 Å². The second kappa shape index (κ2) is 8.89. The molecular formula is C18H32F3N3O2. The first kappa shape index (κ1) is 21.4. The summed E-state index contributed by atoms with van der Waals surface area (Å²) in [5.41, 5.74) is -0.453. The molecule has 2 aliphatic heterocycles. The standard InChI is InChI=1S/C18H32F3N3O2/c1-14(2)24-6-4-17(5-7-24,13-23-8-10-26-11-9-23)22-16(25)12-15(3)18(19,20)21/h14-15H,4-13H2,1-3H3,(H,22,25). The summed E-state index contributed by atoms with van der Waals surface area (Å²) in [6, 6.07) is 0.428. The molecule has 1 unspecified atom stereocenters. The first-order valence-electron chi connectivity index (χ1n) is 9.53. The maximum absolute atomic E-state index is 12.8. The molecule has 0 radical (unpaired) electrons. The van der Waals surface area contributed by atoms with E-state index in [1.54, 1.807) is 0 Å². The smallest absolute Gasteiger partial charge is 0.379 e. The average molecular weight is 379 g/mol. The minimum absolute atomic E-state index is 0.428. The molecule has 0 aliphatic carbocycles. The molecule has 5 nitrogen and oxygen atoms in total. The van der Waals surface area contributed by atoms with Crippen molar-refractivity contribution >= 4 is 5.91 Å². The zero-order valence-electron chi connectivity index (χ0n) is 16.1. The zero-order chi connectivity index (χ0) is 19.4. The topological polar surface area (TPSA) is 44.8 Å². The minimum atomic E-state index is -4.34. The number of carbonyl (C=O) groups excluding carboxylic acids is 1. The third-order valence-corrected chi connectivity index (χ3v) is 5.57. The second-order valence-electron chi connectivity index (χ2n) is 7.99. The number of nitrogens with one attached hydrogen (secondary N) is 1. The van der Waals surface area contributed by atoms with E-state index < -0.39 is 30.0 Å². The Kier molecular flexibility index (Phi) is 7.33. The number of ether oxygens (including phenoxy) is 1. The summed E-state index contributed by atoms with van der Waals surface area (Å²) in [6.45, 7) is 10.6. The van der Waals surface area contributed by atoms with Gasteiger partial charge in [-0.2, -0.15) is 13.2 Å². The van der Waals surface area contributed by atoms with Crippen LogP contribution in [0.3, 0.4) is 0 Å². The fraction of sp³-hybridized carbons (Fsp3) is 0.944. The van der Waals surface area contributed by atoms with Gasteiger partial charge in [-0.05, 0) is 26.7 Å². The Hall–Kier alpha value is -0.860. The van der Waals surface area contributed by atoms with Gasteiger partial charge in [0.2, 0.25) is 5.91 Å². The molecule has 0 aromatic carbocycles. The SMILES string of the molecule is CC(C)N1CCC(CN2CCOCC2)(NC(=O)CC(C)C(F)(F)F)CC1. The van der Waals surface area contributed by atoms with Crippen molar-refractivity contribution in [3.8, 4) is 0 Å². The second-order valence-corrected chi connectivity index (χ2v) is 7.99. The van der Waals surface area contributed by atoms with Crippen molar-refractivity contribution < 1.29 is 22.7 Å². The monoisotopic (exact) mass is 379 g/mol. The molecule has 2 fully saturated rings. The minimum Gasteiger partial charge on any atom is -0.379 e. The van der Waals surface area contributed by atoms with E-state index in [2.05, 4.69) is 29.0 Å². The van der Waals surface area contributed by atoms with Crippen LogP contribution in [0.5, 0.6) is 0 Å². The number of morpholine rings is 1. The number of alkyl halides is 3. The van der Waals surface area contributed by atoms with Crippen molar-refractivity contribution in [2.24, 2.45) is 5.92 Å². The van der Waals surface area contributed by atoms with Gasteiger partial charge in [0.25, 0.3) is 0 Å². The van der Waals surface area contributed by atoms with E-state index in [9.17, 15) is 18.0 Å². The molecule has 2 heterocycles. The summed E-state index contributed by atoms with van der Waals surface area (Å²) < 4.78 is 43.7. The molecule has 1 N–H and O–H groups in total. The summed E-state index contributed by atoms with van der Waals surface area (Å²) in [7, 11) is 0. The summed E-state index contributed by atoms with van der Waals surface area (Å²) in [6.07, 6.45) is -3.33. The van der Waals surface area contributed by atoms with Gasteiger partial charge in [-0.1, -0.05) is 6.92 Å². The van der Waals surface area contributed by atoms with Gasteiger partial charge in [0.05, 0.1) is 24.7 Å². The van der Waals surface area contributed by atoms with Crippen molar-refractivity contribution in [1.29, 1.82) is 0 Å². The first-order chi connectivity index (χ1) is 12.1. The number of hydrogen-bond donors (Lipinski definition) is 1. The quantitative estimate of drug-likeness (QED) is 0.769. The predicted octanol–water partition coefficient (Wildman–Crippen LogP) is 2.27. The molecule has 1 atom stereocenters. The van der Waals surface area contributed by atoms with Crippen molar-refractivity contribution in [2.45, 2.75) is 57.8 Å². The number of piperidine rings is 1. The van der Waals surface area contributed by atoms with Crippen LogP contribution in [0.1, 0.15) is 40.0 Å². The fourth-order valence-corrected chi connectivity index (χ4v) is 3.72. The Labute approximate surface area is 154 Å². The molecule has 26 heavy (non-hydrogen) atoms. The third kappa shape index (κ3) is 6.09. The molecule has 2 rings (SSSR count). The van der Waals surface area contributed by atoms with Crippen LogP contribution < -0.4 is 5.32 Å². The number of carbonyl (C=O) groups is 1. The molecule has 0 aromatic rings. The lowest BCUT2D eigenvalue weighted by Crippen LogP contribution is -2.62. The lowest BCUT2D eigenvalue weighted by Gasteiger charge is -2.46. The highest BCUT2D eigenvalue weighted by atomic mass is 19.4. The van der Waals surface area contributed by atoms with Gasteiger partial charge in [-0.15, -0.1) is 0 Å². The molecule has 152 valence electrons. The summed E-state index contributed by atoms with van der Waals surface area (Å²) >= 11 is 0. The van der Waals surface area contributed by atoms with Crippen molar-refractivity contribution in [3.63, 3.8) is 0 Å². The molecule has 0 bridgehead atoms. The average Bonchev–Trinajstić information content (AvgIpc) is 2.55. The van der Waals surface area contributed by atoms with Crippen LogP contribution in [0.25, 0.3) is 0 Å². The number of hydrogen-bond acceptors (Lipinski definition) is 4. The van der Waals surface area contributed by atoms with Crippen LogP contribution in [0, 0.1) is 5.92 Å². The van der Waals surface area contributed by atoms with Crippen LogP contribution in [-0.4, -0.2) is 79.4 Å². The van der Waals surface area contributed by atoms with Crippen LogP contribution in [-0.2, 0) is 9.53 Å². The van der Waals surface area contributed by atoms with Gasteiger partial charge in [0, 0.05) is 45.2 Å². The van der Waals surface area contributed by atoms with E-state index in [0.717, 1.165) is 45.9 Å². The lowest BCUT2D eigenvalue weighted by atomic mass is 9.85. The highest BCUT2D eigenvalue weighted by Crippen LogP contribution is 2.30. The Morgan fingerprint density at radius 1 is 1.12 bits per heavy atom. The fourth-order valence-electron chi connectivity index (χ4n) is 3.72. The van der Waals surface area contributed by atoms with Crippen molar-refractivity contribution in [3.05, 3.63) is 0 Å². The van der Waals surface area contributed by atoms with Crippen LogP contribution in [0.2, 0.25) is 0 Å². The zero-order valence-corrected chi connectivity index (χ0v) is 16.1. The molecule has 1 amide bonds. The molecule has 0 spiro atoms. The van der Waals surface area contributed by atoms with E-state index in [0.29, 0.717) is 25.8 Å². The largest absolute Gasteiger partial charge is 0.392 e. The van der Waals surface area contributed by atoms with Gasteiger partial charge in [0.15, 0.2) is 0 Å². The summed E-state index contributed by atoms with van der Waals surface area (Å²) in [5, 5.41) is 2.99. The van der Waals surface area contributed by atoms with Crippen LogP contribution >= 0.6 is 0 Å². The summed E-state index contributed by atoms with van der Waals surface area (Å²) in [4.78, 5) is 17.0. The third-order valence-electron chi connectivity index (χ3n) is 5.57. The number of amides is 1. The van der Waals surface area contributed by atoms with Gasteiger partial charge in [-0.3, -0.25) is 9.69 Å². The Morgan fingerprint density at radius 3 is 2.19 bits per heavy atom. The molecule has 8 heteroatoms.